The first-order valence-electron chi connectivity index (χ1n) is 9.23. The number of esters is 1. The summed E-state index contributed by atoms with van der Waals surface area (Å²) < 4.78 is 4.84. The van der Waals surface area contributed by atoms with Gasteiger partial charge in [0.15, 0.2) is 5.82 Å². The smallest absolute Gasteiger partial charge is 0.309 e. The van der Waals surface area contributed by atoms with Crippen LogP contribution < -0.4 is 10.5 Å². The Hall–Kier alpha value is -2.22. The molecule has 6 nitrogen and oxygen atoms in total. The minimum Gasteiger partial charge on any atom is -0.469 e. The molecule has 0 aliphatic carbocycles. The molecule has 2 N–H and O–H groups in total. The van der Waals surface area contributed by atoms with Gasteiger partial charge in [-0.05, 0) is 6.07 Å². The van der Waals surface area contributed by atoms with Gasteiger partial charge in [0.05, 0.1) is 31.5 Å². The molecule has 1 saturated heterocycles. The van der Waals surface area contributed by atoms with Gasteiger partial charge in [0.25, 0.3) is 5.56 Å². The summed E-state index contributed by atoms with van der Waals surface area (Å²) in [6, 6.07) is 7.50. The van der Waals surface area contributed by atoms with Crippen molar-refractivity contribution in [1.29, 1.82) is 0 Å². The number of nitrogens with one attached hydrogen (secondary N) is 2. The van der Waals surface area contributed by atoms with Crippen LogP contribution in [-0.2, 0) is 16.1 Å². The molecule has 0 saturated carbocycles. The lowest BCUT2D eigenvalue weighted by Crippen LogP contribution is -3.12. The molecule has 4 rings (SSSR count). The third-order valence-corrected chi connectivity index (χ3v) is 6.50. The molecule has 146 valence electrons. The number of quaternary nitrogens is 1. The number of hydrogen-bond acceptors (Lipinski definition) is 5. The lowest BCUT2D eigenvalue weighted by Gasteiger charge is -2.27. The molecule has 1 aromatic carbocycles. The number of methoxy groups -OCH3 is 1. The standard InChI is InChI=1S/C20H20ClN3O3S/c1-27-20(26)12-6-8-24(9-7-12)10-16-22-18(25)17-14(11-28-19(17)23-16)13-4-2-3-5-15(13)21/h2-5,11-12H,6-10H2,1H3,(H,22,23,25)/p+1. The van der Waals surface area contributed by atoms with Gasteiger partial charge < -0.3 is 14.6 Å². The van der Waals surface area contributed by atoms with Crippen molar-refractivity contribution in [3.8, 4) is 11.1 Å². The molecule has 1 aliphatic heterocycles. The second kappa shape index (κ2) is 8.03. The first-order valence-corrected chi connectivity index (χ1v) is 10.5. The Morgan fingerprint density at radius 2 is 2.07 bits per heavy atom. The Kier molecular flexibility index (Phi) is 5.48. The molecule has 0 bridgehead atoms. The van der Waals surface area contributed by atoms with Crippen molar-refractivity contribution in [3.05, 3.63) is 50.8 Å². The van der Waals surface area contributed by atoms with Crippen LogP contribution in [0, 0.1) is 5.92 Å². The number of benzene rings is 1. The van der Waals surface area contributed by atoms with E-state index in [0.29, 0.717) is 22.8 Å². The van der Waals surface area contributed by atoms with Crippen molar-refractivity contribution in [2.45, 2.75) is 19.4 Å². The zero-order chi connectivity index (χ0) is 19.7. The molecule has 0 amide bonds. The largest absolute Gasteiger partial charge is 0.469 e. The van der Waals surface area contributed by atoms with Crippen LogP contribution in [0.4, 0.5) is 0 Å². The summed E-state index contributed by atoms with van der Waals surface area (Å²) in [6.45, 7) is 2.35. The molecule has 0 unspecified atom stereocenters. The highest BCUT2D eigenvalue weighted by Crippen LogP contribution is 2.34. The molecule has 3 heterocycles. The Morgan fingerprint density at radius 3 is 2.79 bits per heavy atom. The number of hydrogen-bond donors (Lipinski definition) is 2. The van der Waals surface area contributed by atoms with Crippen molar-refractivity contribution in [2.24, 2.45) is 5.92 Å². The van der Waals surface area contributed by atoms with E-state index in [1.807, 2.05) is 29.6 Å². The van der Waals surface area contributed by atoms with Crippen molar-refractivity contribution in [2.75, 3.05) is 20.2 Å². The van der Waals surface area contributed by atoms with Crippen LogP contribution in [0.1, 0.15) is 18.7 Å². The van der Waals surface area contributed by atoms with Gasteiger partial charge in [-0.25, -0.2) is 4.98 Å². The number of likely N-dealkylation sites (tertiary alicyclic amines) is 1. The molecule has 8 heteroatoms. The quantitative estimate of drug-likeness (QED) is 0.637. The van der Waals surface area contributed by atoms with Crippen LogP contribution in [0.15, 0.2) is 34.4 Å². The summed E-state index contributed by atoms with van der Waals surface area (Å²) >= 11 is 7.76. The predicted molar refractivity (Wildman–Crippen MR) is 110 cm³/mol. The number of thiophene rings is 1. The molecule has 0 radical (unpaired) electrons. The topological polar surface area (TPSA) is 76.5 Å². The van der Waals surface area contributed by atoms with E-state index in [4.69, 9.17) is 16.3 Å². The maximum atomic E-state index is 12.8. The highest BCUT2D eigenvalue weighted by atomic mass is 35.5. The van der Waals surface area contributed by atoms with Gasteiger partial charge in [-0.2, -0.15) is 0 Å². The second-order valence-corrected chi connectivity index (χ2v) is 8.31. The molecule has 28 heavy (non-hydrogen) atoms. The van der Waals surface area contributed by atoms with Crippen LogP contribution in [0.2, 0.25) is 5.02 Å². The van der Waals surface area contributed by atoms with E-state index in [-0.39, 0.29) is 17.4 Å². The third-order valence-electron chi connectivity index (χ3n) is 5.30. The number of aromatic amines is 1. The number of piperidine rings is 1. The predicted octanol–water partition coefficient (Wildman–Crippen LogP) is 2.27. The van der Waals surface area contributed by atoms with E-state index >= 15 is 0 Å². The minimum absolute atomic E-state index is 0.0151. The number of aromatic nitrogens is 2. The summed E-state index contributed by atoms with van der Waals surface area (Å²) in [5, 5.41) is 3.14. The molecule has 0 spiro atoms. The van der Waals surface area contributed by atoms with Crippen molar-refractivity contribution >= 4 is 39.1 Å². The van der Waals surface area contributed by atoms with E-state index in [2.05, 4.69) is 9.97 Å². The van der Waals surface area contributed by atoms with Gasteiger partial charge in [0.1, 0.15) is 11.4 Å². The fourth-order valence-corrected chi connectivity index (χ4v) is 4.99. The second-order valence-electron chi connectivity index (χ2n) is 7.05. The van der Waals surface area contributed by atoms with Crippen molar-refractivity contribution in [3.63, 3.8) is 0 Å². The Bertz CT molecular complexity index is 1070. The van der Waals surface area contributed by atoms with E-state index < -0.39 is 0 Å². The Morgan fingerprint density at radius 1 is 1.32 bits per heavy atom. The van der Waals surface area contributed by atoms with E-state index in [1.165, 1.54) is 23.3 Å². The number of fused-ring (bicyclic) bond motifs is 1. The van der Waals surface area contributed by atoms with Gasteiger partial charge in [0, 0.05) is 34.4 Å². The van der Waals surface area contributed by atoms with E-state index in [1.54, 1.807) is 0 Å². The maximum Gasteiger partial charge on any atom is 0.309 e. The molecule has 1 aliphatic rings. The monoisotopic (exact) mass is 418 g/mol. The van der Waals surface area contributed by atoms with Crippen LogP contribution in [0.25, 0.3) is 21.3 Å². The number of carbonyl (C=O) groups is 1. The Labute approximate surface area is 171 Å². The lowest BCUT2D eigenvalue weighted by molar-refractivity contribution is -0.920. The van der Waals surface area contributed by atoms with E-state index in [0.717, 1.165) is 41.9 Å². The first-order chi connectivity index (χ1) is 13.6. The van der Waals surface area contributed by atoms with Crippen LogP contribution >= 0.6 is 22.9 Å². The van der Waals surface area contributed by atoms with Gasteiger partial charge >= 0.3 is 5.97 Å². The number of carbonyl (C=O) groups excluding carboxylic acids is 1. The number of H-pyrrole nitrogens is 1. The minimum atomic E-state index is -0.139. The summed E-state index contributed by atoms with van der Waals surface area (Å²) in [4.78, 5) is 34.1. The molecular formula is C20H21ClN3O3S+. The number of rotatable bonds is 4. The lowest BCUT2D eigenvalue weighted by atomic mass is 9.97. The molecule has 0 atom stereocenters. The van der Waals surface area contributed by atoms with Crippen LogP contribution in [0.3, 0.4) is 0 Å². The molecular weight excluding hydrogens is 398 g/mol. The third kappa shape index (κ3) is 3.70. The summed E-state index contributed by atoms with van der Waals surface area (Å²) in [6.07, 6.45) is 1.59. The normalized spacial score (nSPS) is 19.6. The van der Waals surface area contributed by atoms with Crippen molar-refractivity contribution < 1.29 is 14.4 Å². The maximum absolute atomic E-state index is 12.8. The average Bonchev–Trinajstić information content (AvgIpc) is 3.12. The molecule has 2 aromatic heterocycles. The van der Waals surface area contributed by atoms with Crippen molar-refractivity contribution in [1.82, 2.24) is 9.97 Å². The zero-order valence-electron chi connectivity index (χ0n) is 15.5. The summed E-state index contributed by atoms with van der Waals surface area (Å²) in [5.74, 6) is 0.535. The number of ether oxygens (including phenoxy) is 1. The highest BCUT2D eigenvalue weighted by molar-refractivity contribution is 7.17. The number of halogens is 1. The highest BCUT2D eigenvalue weighted by Gasteiger charge is 2.28. The van der Waals surface area contributed by atoms with Crippen LogP contribution in [0.5, 0.6) is 0 Å². The fraction of sp³-hybridized carbons (Fsp3) is 0.350. The van der Waals surface area contributed by atoms with Crippen LogP contribution in [-0.4, -0.2) is 36.1 Å². The van der Waals surface area contributed by atoms with Gasteiger partial charge in [-0.3, -0.25) is 9.59 Å². The van der Waals surface area contributed by atoms with Gasteiger partial charge in [0.2, 0.25) is 0 Å². The molecule has 1 fully saturated rings. The first kappa shape index (κ1) is 19.1. The summed E-state index contributed by atoms with van der Waals surface area (Å²) in [5.41, 5.74) is 1.52. The van der Waals surface area contributed by atoms with Gasteiger partial charge in [-0.15, -0.1) is 11.3 Å². The zero-order valence-corrected chi connectivity index (χ0v) is 17.0. The average molecular weight is 419 g/mol. The fourth-order valence-electron chi connectivity index (χ4n) is 3.80. The van der Waals surface area contributed by atoms with E-state index in [9.17, 15) is 9.59 Å². The molecule has 3 aromatic rings. The van der Waals surface area contributed by atoms with Gasteiger partial charge in [-0.1, -0.05) is 29.8 Å². The summed E-state index contributed by atoms with van der Waals surface area (Å²) in [7, 11) is 1.43. The SMILES string of the molecule is COC(=O)C1CC[NH+](Cc2nc3scc(-c4ccccc4Cl)c3c(=O)[nH]2)CC1. The number of nitrogens with zero attached hydrogens (tertiary/aromatic N) is 1. The Balaban J connectivity index is 1.56.